The van der Waals surface area contributed by atoms with Crippen LogP contribution < -0.4 is 10.1 Å². The van der Waals surface area contributed by atoms with Gasteiger partial charge >= 0.3 is 6.18 Å². The molecule has 2 N–H and O–H groups in total. The van der Waals surface area contributed by atoms with E-state index in [4.69, 9.17) is 4.74 Å². The van der Waals surface area contributed by atoms with Crippen LogP contribution in [0.3, 0.4) is 0 Å². The number of hydrogen-bond donors (Lipinski definition) is 2. The zero-order valence-electron chi connectivity index (χ0n) is 22.8. The summed E-state index contributed by atoms with van der Waals surface area (Å²) in [6.45, 7) is 3.19. The summed E-state index contributed by atoms with van der Waals surface area (Å²) in [5.74, 6) is -2.75. The number of carbonyl (C=O) groups is 1. The molecule has 3 heterocycles. The summed E-state index contributed by atoms with van der Waals surface area (Å²) in [5, 5.41) is 27.8. The van der Waals surface area contributed by atoms with Crippen molar-refractivity contribution < 1.29 is 40.6 Å². The van der Waals surface area contributed by atoms with E-state index in [0.717, 1.165) is 12.3 Å². The number of alkyl halides is 3. The van der Waals surface area contributed by atoms with Gasteiger partial charge in [0, 0.05) is 35.2 Å². The third-order valence-corrected chi connectivity index (χ3v) is 9.44. The Labute approximate surface area is 234 Å². The number of rotatable bonds is 7. The van der Waals surface area contributed by atoms with Crippen LogP contribution in [0.15, 0.2) is 12.3 Å². The van der Waals surface area contributed by atoms with Gasteiger partial charge in [-0.3, -0.25) is 9.48 Å². The van der Waals surface area contributed by atoms with Gasteiger partial charge in [-0.15, -0.1) is 0 Å². The number of sulfone groups is 1. The van der Waals surface area contributed by atoms with Crippen LogP contribution in [-0.2, 0) is 27.5 Å². The van der Waals surface area contributed by atoms with Crippen LogP contribution in [-0.4, -0.2) is 69.6 Å². The van der Waals surface area contributed by atoms with E-state index in [1.54, 1.807) is 20.8 Å². The van der Waals surface area contributed by atoms with Crippen molar-refractivity contribution in [2.45, 2.75) is 76.2 Å². The van der Waals surface area contributed by atoms with Crippen molar-refractivity contribution in [2.24, 2.45) is 5.92 Å². The number of pyridine rings is 1. The SMILES string of the molecule is C[C@H](n1nc(-c2cc(OCC(F)(F)F)ncc2F)c2c1CC(C(=O)NC1(C#N)CCS(=O)(=O)CC1)CC2)C(C)(C)O. The van der Waals surface area contributed by atoms with Crippen LogP contribution in [0.2, 0.25) is 0 Å². The van der Waals surface area contributed by atoms with Gasteiger partial charge in [0.15, 0.2) is 22.3 Å². The molecule has 4 rings (SSSR count). The quantitative estimate of drug-likeness (QED) is 0.461. The highest BCUT2D eigenvalue weighted by Gasteiger charge is 2.42. The second-order valence-corrected chi connectivity index (χ2v) is 13.5. The van der Waals surface area contributed by atoms with Crippen LogP contribution in [0.25, 0.3) is 11.3 Å². The van der Waals surface area contributed by atoms with Crippen molar-refractivity contribution in [3.63, 3.8) is 0 Å². The van der Waals surface area contributed by atoms with Gasteiger partial charge in [0.05, 0.1) is 41.1 Å². The number of amides is 1. The average molecular weight is 602 g/mol. The molecule has 0 aromatic carbocycles. The summed E-state index contributed by atoms with van der Waals surface area (Å²) in [6, 6.07) is 2.46. The van der Waals surface area contributed by atoms with E-state index >= 15 is 0 Å². The molecule has 2 aromatic rings. The molecule has 1 fully saturated rings. The summed E-state index contributed by atoms with van der Waals surface area (Å²) in [4.78, 5) is 16.9. The molecule has 2 aliphatic rings. The Bertz CT molecular complexity index is 1460. The average Bonchev–Trinajstić information content (AvgIpc) is 3.26. The Morgan fingerprint density at radius 2 is 2.00 bits per heavy atom. The van der Waals surface area contributed by atoms with E-state index in [9.17, 15) is 41.1 Å². The number of nitrogens with zero attached hydrogens (tertiary/aromatic N) is 4. The topological polar surface area (TPSA) is 147 Å². The molecule has 41 heavy (non-hydrogen) atoms. The van der Waals surface area contributed by atoms with Crippen molar-refractivity contribution >= 4 is 15.7 Å². The first-order valence-corrected chi connectivity index (χ1v) is 14.9. The minimum absolute atomic E-state index is 0.0204. The van der Waals surface area contributed by atoms with E-state index in [2.05, 4.69) is 21.5 Å². The summed E-state index contributed by atoms with van der Waals surface area (Å²) in [6.07, 6.45) is -3.26. The smallest absolute Gasteiger partial charge is 0.422 e. The molecule has 15 heteroatoms. The van der Waals surface area contributed by atoms with E-state index in [1.165, 1.54) is 4.68 Å². The number of nitriles is 1. The van der Waals surface area contributed by atoms with E-state index in [1.807, 2.05) is 0 Å². The lowest BCUT2D eigenvalue weighted by molar-refractivity contribution is -0.154. The highest BCUT2D eigenvalue weighted by molar-refractivity contribution is 7.91. The lowest BCUT2D eigenvalue weighted by Gasteiger charge is -2.34. The van der Waals surface area contributed by atoms with Crippen LogP contribution in [0.4, 0.5) is 17.6 Å². The van der Waals surface area contributed by atoms with Gasteiger partial charge in [-0.25, -0.2) is 17.8 Å². The fourth-order valence-electron chi connectivity index (χ4n) is 5.02. The second kappa shape index (κ2) is 10.9. The largest absolute Gasteiger partial charge is 0.468 e. The molecule has 0 spiro atoms. The Morgan fingerprint density at radius 1 is 1.34 bits per heavy atom. The van der Waals surface area contributed by atoms with Gasteiger partial charge in [0.2, 0.25) is 11.8 Å². The standard InChI is InChI=1S/C26H31F4N5O5S/c1-15(24(2,3)37)35-20-10-16(23(36)33-25(13-31)6-8-41(38,39)9-7-25)4-5-17(20)22(34-35)18-11-21(32-12-19(18)27)40-14-26(28,29)30/h11-12,15-16,37H,4-10,14H2,1-3H3,(H,33,36)/t15-,16?/m0/s1. The number of carbonyl (C=O) groups excluding carboxylic acids is 1. The summed E-state index contributed by atoms with van der Waals surface area (Å²) in [5.41, 5.74) is -1.49. The Morgan fingerprint density at radius 3 is 2.59 bits per heavy atom. The van der Waals surface area contributed by atoms with Gasteiger partial charge in [0.1, 0.15) is 5.54 Å². The Balaban J connectivity index is 1.67. The number of nitrogens with one attached hydrogen (secondary N) is 1. The summed E-state index contributed by atoms with van der Waals surface area (Å²) < 4.78 is 82.9. The molecule has 1 saturated heterocycles. The van der Waals surface area contributed by atoms with Gasteiger partial charge in [-0.1, -0.05) is 0 Å². The molecule has 1 aliphatic carbocycles. The van der Waals surface area contributed by atoms with Crippen molar-refractivity contribution in [3.8, 4) is 23.2 Å². The van der Waals surface area contributed by atoms with Crippen LogP contribution in [0.1, 0.15) is 57.3 Å². The minimum atomic E-state index is -4.62. The number of halogens is 4. The van der Waals surface area contributed by atoms with Crippen LogP contribution in [0, 0.1) is 23.1 Å². The molecule has 10 nitrogen and oxygen atoms in total. The molecule has 0 bridgehead atoms. The van der Waals surface area contributed by atoms with Gasteiger partial charge < -0.3 is 15.2 Å². The first kappa shape index (κ1) is 30.7. The zero-order chi connectivity index (χ0) is 30.4. The zero-order valence-corrected chi connectivity index (χ0v) is 23.6. The molecule has 1 unspecified atom stereocenters. The Kier molecular flexibility index (Phi) is 8.14. The van der Waals surface area contributed by atoms with Gasteiger partial charge in [-0.2, -0.15) is 23.5 Å². The first-order valence-electron chi connectivity index (χ1n) is 13.1. The van der Waals surface area contributed by atoms with Crippen molar-refractivity contribution in [1.82, 2.24) is 20.1 Å². The summed E-state index contributed by atoms with van der Waals surface area (Å²) in [7, 11) is -3.27. The predicted octanol–water partition coefficient (Wildman–Crippen LogP) is 3.05. The normalized spacial score (nSPS) is 20.9. The lowest BCUT2D eigenvalue weighted by atomic mass is 9.83. The molecule has 1 amide bonds. The maximum Gasteiger partial charge on any atom is 0.422 e. The van der Waals surface area contributed by atoms with E-state index in [0.29, 0.717) is 17.7 Å². The van der Waals surface area contributed by atoms with Gasteiger partial charge in [-0.05, 0) is 46.5 Å². The van der Waals surface area contributed by atoms with Crippen molar-refractivity contribution in [2.75, 3.05) is 18.1 Å². The highest BCUT2D eigenvalue weighted by Crippen LogP contribution is 2.39. The lowest BCUT2D eigenvalue weighted by Crippen LogP contribution is -2.54. The molecular weight excluding hydrogens is 570 g/mol. The van der Waals surface area contributed by atoms with E-state index in [-0.39, 0.29) is 48.4 Å². The maximum absolute atomic E-state index is 15.0. The molecule has 1 aliphatic heterocycles. The second-order valence-electron chi connectivity index (χ2n) is 11.2. The van der Waals surface area contributed by atoms with Crippen molar-refractivity contribution in [1.29, 1.82) is 5.26 Å². The fraction of sp³-hybridized carbons (Fsp3) is 0.615. The highest BCUT2D eigenvalue weighted by atomic mass is 32.2. The molecular formula is C26H31F4N5O5S. The number of aliphatic hydroxyl groups is 1. The molecule has 224 valence electrons. The predicted molar refractivity (Wildman–Crippen MR) is 138 cm³/mol. The fourth-order valence-corrected chi connectivity index (χ4v) is 6.54. The molecule has 2 atom stereocenters. The van der Waals surface area contributed by atoms with E-state index < -0.39 is 63.3 Å². The third-order valence-electron chi connectivity index (χ3n) is 7.79. The monoisotopic (exact) mass is 601 g/mol. The third kappa shape index (κ3) is 6.81. The first-order chi connectivity index (χ1) is 18.9. The van der Waals surface area contributed by atoms with Gasteiger partial charge in [0.25, 0.3) is 0 Å². The minimum Gasteiger partial charge on any atom is -0.468 e. The molecule has 0 saturated carbocycles. The van der Waals surface area contributed by atoms with Crippen LogP contribution in [0.5, 0.6) is 5.88 Å². The number of hydrogen-bond acceptors (Lipinski definition) is 8. The Hall–Kier alpha value is -3.25. The summed E-state index contributed by atoms with van der Waals surface area (Å²) >= 11 is 0. The maximum atomic E-state index is 15.0. The molecule has 0 radical (unpaired) electrons. The number of fused-ring (bicyclic) bond motifs is 1. The van der Waals surface area contributed by atoms with Crippen molar-refractivity contribution in [3.05, 3.63) is 29.3 Å². The number of aromatic nitrogens is 3. The molecule has 2 aromatic heterocycles. The number of ether oxygens (including phenoxy) is 1. The van der Waals surface area contributed by atoms with Crippen LogP contribution >= 0.6 is 0 Å².